The fourth-order valence-corrected chi connectivity index (χ4v) is 1.93. The maximum atomic E-state index is 5.22. The fourth-order valence-electron chi connectivity index (χ4n) is 1.09. The lowest BCUT2D eigenvalue weighted by Crippen LogP contribution is -2.18. The van der Waals surface area contributed by atoms with Crippen LogP contribution < -0.4 is 5.32 Å². The second kappa shape index (κ2) is 6.92. The van der Waals surface area contributed by atoms with Gasteiger partial charge in [-0.3, -0.25) is 0 Å². The summed E-state index contributed by atoms with van der Waals surface area (Å²) < 4.78 is 5.22. The summed E-state index contributed by atoms with van der Waals surface area (Å²) in [5.41, 5.74) is 0. The summed E-state index contributed by atoms with van der Waals surface area (Å²) in [6, 6.07) is 0. The van der Waals surface area contributed by atoms with Crippen molar-refractivity contribution in [2.45, 2.75) is 26.8 Å². The highest BCUT2D eigenvalue weighted by Gasteiger charge is 1.98. The Bertz CT molecular complexity index is 250. The molecule has 0 saturated heterocycles. The maximum Gasteiger partial charge on any atom is 0.0925 e. The van der Waals surface area contributed by atoms with E-state index in [1.165, 1.54) is 9.88 Å². The van der Waals surface area contributed by atoms with E-state index in [2.05, 4.69) is 17.2 Å². The van der Waals surface area contributed by atoms with Crippen LogP contribution in [0.25, 0.3) is 0 Å². The van der Waals surface area contributed by atoms with Crippen molar-refractivity contribution in [1.29, 1.82) is 0 Å². The zero-order valence-electron chi connectivity index (χ0n) is 8.88. The molecule has 0 aliphatic rings. The van der Waals surface area contributed by atoms with E-state index in [9.17, 15) is 0 Å². The van der Waals surface area contributed by atoms with Gasteiger partial charge in [-0.15, -0.1) is 11.3 Å². The van der Waals surface area contributed by atoms with Gasteiger partial charge >= 0.3 is 0 Å². The highest BCUT2D eigenvalue weighted by molar-refractivity contribution is 7.11. The molecule has 1 rings (SSSR count). The summed E-state index contributed by atoms with van der Waals surface area (Å²) >= 11 is 1.78. The van der Waals surface area contributed by atoms with E-state index < -0.39 is 0 Å². The molecule has 0 fully saturated rings. The second-order valence-electron chi connectivity index (χ2n) is 2.95. The minimum absolute atomic E-state index is 0.788. The van der Waals surface area contributed by atoms with Gasteiger partial charge in [-0.05, 0) is 13.3 Å². The van der Waals surface area contributed by atoms with Gasteiger partial charge in [0.15, 0.2) is 0 Å². The summed E-state index contributed by atoms with van der Waals surface area (Å²) in [5, 5.41) is 4.53. The predicted octanol–water partition coefficient (Wildman–Crippen LogP) is 1.83. The second-order valence-corrected chi connectivity index (χ2v) is 4.15. The van der Waals surface area contributed by atoms with Crippen LogP contribution in [0.2, 0.25) is 0 Å². The van der Waals surface area contributed by atoms with E-state index in [0.717, 1.165) is 32.7 Å². The first-order valence-electron chi connectivity index (χ1n) is 5.08. The van der Waals surface area contributed by atoms with Gasteiger partial charge in [0.2, 0.25) is 0 Å². The number of hydrogen-bond donors (Lipinski definition) is 1. The van der Waals surface area contributed by atoms with Crippen LogP contribution in [0.3, 0.4) is 0 Å². The lowest BCUT2D eigenvalue weighted by atomic mass is 10.5. The summed E-state index contributed by atoms with van der Waals surface area (Å²) in [7, 11) is 0. The van der Waals surface area contributed by atoms with Gasteiger partial charge in [-0.1, -0.05) is 6.92 Å². The zero-order valence-corrected chi connectivity index (χ0v) is 9.69. The molecule has 0 radical (unpaired) electrons. The quantitative estimate of drug-likeness (QED) is 0.703. The van der Waals surface area contributed by atoms with E-state index in [0.29, 0.717) is 0 Å². The minimum atomic E-state index is 0.788. The Morgan fingerprint density at radius 1 is 1.50 bits per heavy atom. The molecule has 0 aliphatic heterocycles. The highest BCUT2D eigenvalue weighted by atomic mass is 32.1. The Hall–Kier alpha value is -0.450. The lowest BCUT2D eigenvalue weighted by molar-refractivity contribution is 0.149. The SMILES string of the molecule is CCOCCNCc1cnc(CC)s1. The van der Waals surface area contributed by atoms with E-state index in [4.69, 9.17) is 4.74 Å². The predicted molar refractivity (Wildman–Crippen MR) is 59.7 cm³/mol. The van der Waals surface area contributed by atoms with Crippen LogP contribution >= 0.6 is 11.3 Å². The van der Waals surface area contributed by atoms with Gasteiger partial charge in [0.25, 0.3) is 0 Å². The highest BCUT2D eigenvalue weighted by Crippen LogP contribution is 2.12. The number of nitrogens with one attached hydrogen (secondary N) is 1. The summed E-state index contributed by atoms with van der Waals surface area (Å²) in [4.78, 5) is 5.60. The van der Waals surface area contributed by atoms with Gasteiger partial charge in [0.1, 0.15) is 0 Å². The topological polar surface area (TPSA) is 34.1 Å². The number of thiazole rings is 1. The third-order valence-corrected chi connectivity index (χ3v) is 2.97. The lowest BCUT2D eigenvalue weighted by Gasteiger charge is -2.02. The number of aryl methyl sites for hydroxylation is 1. The van der Waals surface area contributed by atoms with Crippen molar-refractivity contribution in [3.63, 3.8) is 0 Å². The minimum Gasteiger partial charge on any atom is -0.380 e. The summed E-state index contributed by atoms with van der Waals surface area (Å²) in [6.45, 7) is 7.54. The molecule has 0 aliphatic carbocycles. The molecule has 3 nitrogen and oxygen atoms in total. The van der Waals surface area contributed by atoms with Gasteiger partial charge in [0.05, 0.1) is 11.6 Å². The van der Waals surface area contributed by atoms with Gasteiger partial charge in [-0.25, -0.2) is 4.98 Å². The first-order valence-corrected chi connectivity index (χ1v) is 5.90. The molecule has 1 aromatic heterocycles. The Labute approximate surface area is 89.5 Å². The van der Waals surface area contributed by atoms with Crippen molar-refractivity contribution in [3.8, 4) is 0 Å². The largest absolute Gasteiger partial charge is 0.380 e. The molecule has 0 bridgehead atoms. The van der Waals surface area contributed by atoms with Crippen LogP contribution in [0.4, 0.5) is 0 Å². The van der Waals surface area contributed by atoms with Crippen molar-refractivity contribution in [2.24, 2.45) is 0 Å². The third kappa shape index (κ3) is 4.17. The molecular formula is C10H18N2OS. The average Bonchev–Trinajstić information content (AvgIpc) is 2.65. The standard InChI is InChI=1S/C10H18N2OS/c1-3-10-12-8-9(14-10)7-11-5-6-13-4-2/h8,11H,3-7H2,1-2H3. The van der Waals surface area contributed by atoms with Crippen molar-refractivity contribution in [1.82, 2.24) is 10.3 Å². The Morgan fingerprint density at radius 3 is 3.00 bits per heavy atom. The molecule has 0 amide bonds. The van der Waals surface area contributed by atoms with Gasteiger partial charge < -0.3 is 10.1 Å². The van der Waals surface area contributed by atoms with Crippen LogP contribution in [0.1, 0.15) is 23.7 Å². The number of hydrogen-bond acceptors (Lipinski definition) is 4. The van der Waals surface area contributed by atoms with Crippen molar-refractivity contribution in [2.75, 3.05) is 19.8 Å². The average molecular weight is 214 g/mol. The summed E-state index contributed by atoms with van der Waals surface area (Å²) in [6.07, 6.45) is 2.99. The van der Waals surface area contributed by atoms with E-state index >= 15 is 0 Å². The number of ether oxygens (including phenoxy) is 1. The molecule has 1 N–H and O–H groups in total. The Morgan fingerprint density at radius 2 is 2.36 bits per heavy atom. The van der Waals surface area contributed by atoms with Gasteiger partial charge in [0, 0.05) is 30.8 Å². The molecule has 0 saturated carbocycles. The van der Waals surface area contributed by atoms with Gasteiger partial charge in [-0.2, -0.15) is 0 Å². The molecular weight excluding hydrogens is 196 g/mol. The molecule has 0 atom stereocenters. The first kappa shape index (κ1) is 11.6. The number of rotatable bonds is 7. The fraction of sp³-hybridized carbons (Fsp3) is 0.700. The smallest absolute Gasteiger partial charge is 0.0925 e. The molecule has 1 heterocycles. The van der Waals surface area contributed by atoms with Crippen LogP contribution in [0.15, 0.2) is 6.20 Å². The van der Waals surface area contributed by atoms with E-state index in [1.54, 1.807) is 11.3 Å². The van der Waals surface area contributed by atoms with Crippen LogP contribution in [0, 0.1) is 0 Å². The zero-order chi connectivity index (χ0) is 10.2. The monoisotopic (exact) mass is 214 g/mol. The Balaban J connectivity index is 2.12. The number of nitrogens with zero attached hydrogens (tertiary/aromatic N) is 1. The van der Waals surface area contributed by atoms with Crippen LogP contribution in [-0.2, 0) is 17.7 Å². The van der Waals surface area contributed by atoms with Crippen molar-refractivity contribution < 1.29 is 4.74 Å². The van der Waals surface area contributed by atoms with E-state index in [-0.39, 0.29) is 0 Å². The molecule has 80 valence electrons. The first-order chi connectivity index (χ1) is 6.86. The molecule has 14 heavy (non-hydrogen) atoms. The number of aromatic nitrogens is 1. The summed E-state index contributed by atoms with van der Waals surface area (Å²) in [5.74, 6) is 0. The molecule has 0 aromatic carbocycles. The molecule has 1 aromatic rings. The maximum absolute atomic E-state index is 5.22. The Kier molecular flexibility index (Phi) is 5.75. The molecule has 0 spiro atoms. The van der Waals surface area contributed by atoms with Crippen LogP contribution in [-0.4, -0.2) is 24.7 Å². The van der Waals surface area contributed by atoms with Crippen molar-refractivity contribution >= 4 is 11.3 Å². The van der Waals surface area contributed by atoms with E-state index in [1.807, 2.05) is 13.1 Å². The van der Waals surface area contributed by atoms with Crippen LogP contribution in [0.5, 0.6) is 0 Å². The molecule has 4 heteroatoms. The normalized spacial score (nSPS) is 10.7. The third-order valence-electron chi connectivity index (χ3n) is 1.83. The molecule has 0 unspecified atom stereocenters. The van der Waals surface area contributed by atoms with Crippen molar-refractivity contribution in [3.05, 3.63) is 16.1 Å².